The Hall–Kier alpha value is -6.98. The summed E-state index contributed by atoms with van der Waals surface area (Å²) in [6, 6.07) is 54.9. The van der Waals surface area contributed by atoms with Crippen LogP contribution in [0.5, 0.6) is 0 Å². The molecule has 0 saturated carbocycles. The second kappa shape index (κ2) is 12.7. The minimum Gasteiger partial charge on any atom is -0.276 e. The highest BCUT2D eigenvalue weighted by molar-refractivity contribution is 6.20. The molecule has 8 aromatic rings. The molecule has 5 nitrogen and oxygen atoms in total. The molecule has 1 aliphatic rings. The van der Waals surface area contributed by atoms with E-state index in [1.807, 2.05) is 128 Å². The molecule has 1 amide bonds. The van der Waals surface area contributed by atoms with Crippen LogP contribution in [0, 0.1) is 6.92 Å². The third-order valence-electron chi connectivity index (χ3n) is 9.72. The summed E-state index contributed by atoms with van der Waals surface area (Å²) in [7, 11) is 0. The SMILES string of the molecule is C=C1c2ccccc2-c2cc(-c3cccc(-c4nc(-c5ccccc5)nc(-c5ccccc5)n4)c3)ccc2N1C(=O)c1cc2ccccc2cc1C. The van der Waals surface area contributed by atoms with Gasteiger partial charge in [-0.3, -0.25) is 9.69 Å². The fourth-order valence-corrected chi connectivity index (χ4v) is 7.07. The molecule has 9 rings (SSSR count). The van der Waals surface area contributed by atoms with Gasteiger partial charge >= 0.3 is 0 Å². The van der Waals surface area contributed by atoms with Gasteiger partial charge in [0, 0.05) is 39.1 Å². The van der Waals surface area contributed by atoms with Gasteiger partial charge in [0.2, 0.25) is 0 Å². The molecule has 0 unspecified atom stereocenters. The van der Waals surface area contributed by atoms with Gasteiger partial charge < -0.3 is 0 Å². The first kappa shape index (κ1) is 31.0. The number of carbonyl (C=O) groups excluding carboxylic acids is 1. The Bertz CT molecular complexity index is 2630. The van der Waals surface area contributed by atoms with Crippen LogP contribution in [0.1, 0.15) is 21.5 Å². The minimum atomic E-state index is -0.1000. The number of nitrogens with zero attached hydrogens (tertiary/aromatic N) is 4. The van der Waals surface area contributed by atoms with Crippen molar-refractivity contribution in [3.8, 4) is 56.4 Å². The molecule has 246 valence electrons. The lowest BCUT2D eigenvalue weighted by Crippen LogP contribution is -2.32. The summed E-state index contributed by atoms with van der Waals surface area (Å²) in [5, 5.41) is 2.14. The molecular weight excluding hydrogens is 637 g/mol. The fraction of sp³-hybridized carbons (Fsp3) is 0.0213. The molecule has 1 aromatic heterocycles. The van der Waals surface area contributed by atoms with Crippen molar-refractivity contribution in [2.75, 3.05) is 4.90 Å². The molecule has 0 bridgehead atoms. The summed E-state index contributed by atoms with van der Waals surface area (Å²) < 4.78 is 0. The number of anilines is 1. The zero-order chi connectivity index (χ0) is 35.2. The zero-order valence-electron chi connectivity index (χ0n) is 28.5. The third-order valence-corrected chi connectivity index (χ3v) is 9.72. The van der Waals surface area contributed by atoms with Gasteiger partial charge in [0.1, 0.15) is 0 Å². The number of carbonyl (C=O) groups is 1. The maximum Gasteiger partial charge on any atom is 0.263 e. The van der Waals surface area contributed by atoms with Gasteiger partial charge in [-0.05, 0) is 64.2 Å². The van der Waals surface area contributed by atoms with E-state index in [9.17, 15) is 4.79 Å². The van der Waals surface area contributed by atoms with Crippen molar-refractivity contribution in [3.63, 3.8) is 0 Å². The van der Waals surface area contributed by atoms with Crippen LogP contribution in [0.15, 0.2) is 170 Å². The van der Waals surface area contributed by atoms with Crippen molar-refractivity contribution in [2.24, 2.45) is 0 Å². The Labute approximate surface area is 302 Å². The van der Waals surface area contributed by atoms with Gasteiger partial charge in [-0.25, -0.2) is 15.0 Å². The molecule has 0 fully saturated rings. The summed E-state index contributed by atoms with van der Waals surface area (Å²) in [5.41, 5.74) is 10.7. The number of hydrogen-bond acceptors (Lipinski definition) is 4. The highest BCUT2D eigenvalue weighted by atomic mass is 16.2. The Morgan fingerprint density at radius 2 is 1.00 bits per heavy atom. The summed E-state index contributed by atoms with van der Waals surface area (Å²) >= 11 is 0. The molecule has 5 heteroatoms. The zero-order valence-corrected chi connectivity index (χ0v) is 28.5. The maximum atomic E-state index is 14.5. The van der Waals surface area contributed by atoms with E-state index in [1.54, 1.807) is 4.90 Å². The predicted octanol–water partition coefficient (Wildman–Crippen LogP) is 11.3. The van der Waals surface area contributed by atoms with Gasteiger partial charge in [-0.1, -0.05) is 146 Å². The van der Waals surface area contributed by atoms with Gasteiger partial charge in [0.25, 0.3) is 5.91 Å². The van der Waals surface area contributed by atoms with Crippen LogP contribution in [0.2, 0.25) is 0 Å². The summed E-state index contributed by atoms with van der Waals surface area (Å²) in [6.07, 6.45) is 0. The van der Waals surface area contributed by atoms with Crippen LogP contribution >= 0.6 is 0 Å². The molecular formula is C47H32N4O. The van der Waals surface area contributed by atoms with Crippen molar-refractivity contribution in [3.05, 3.63) is 187 Å². The molecule has 7 aromatic carbocycles. The molecule has 0 aliphatic carbocycles. The van der Waals surface area contributed by atoms with Crippen molar-refractivity contribution in [1.29, 1.82) is 0 Å². The first-order valence-corrected chi connectivity index (χ1v) is 17.3. The van der Waals surface area contributed by atoms with Crippen LogP contribution in [-0.4, -0.2) is 20.9 Å². The first-order chi connectivity index (χ1) is 25.5. The number of rotatable bonds is 5. The Morgan fingerprint density at radius 1 is 0.481 bits per heavy atom. The van der Waals surface area contributed by atoms with E-state index in [2.05, 4.69) is 49.0 Å². The molecule has 0 N–H and O–H groups in total. The number of hydrogen-bond donors (Lipinski definition) is 0. The monoisotopic (exact) mass is 668 g/mol. The van der Waals surface area contributed by atoms with Crippen molar-refractivity contribution in [2.45, 2.75) is 6.92 Å². The lowest BCUT2D eigenvalue weighted by atomic mass is 9.88. The fourth-order valence-electron chi connectivity index (χ4n) is 7.07. The number of aryl methyl sites for hydroxylation is 1. The van der Waals surface area contributed by atoms with Gasteiger partial charge in [0.05, 0.1) is 5.69 Å². The number of aromatic nitrogens is 3. The maximum absolute atomic E-state index is 14.5. The minimum absolute atomic E-state index is 0.1000. The van der Waals surface area contributed by atoms with Crippen LogP contribution in [-0.2, 0) is 0 Å². The predicted molar refractivity (Wildman–Crippen MR) is 212 cm³/mol. The Morgan fingerprint density at radius 3 is 1.67 bits per heavy atom. The molecule has 52 heavy (non-hydrogen) atoms. The quantitative estimate of drug-likeness (QED) is 0.183. The van der Waals surface area contributed by atoms with E-state index < -0.39 is 0 Å². The van der Waals surface area contributed by atoms with E-state index in [4.69, 9.17) is 15.0 Å². The lowest BCUT2D eigenvalue weighted by molar-refractivity contribution is 0.0999. The second-order valence-electron chi connectivity index (χ2n) is 13.0. The molecule has 0 radical (unpaired) electrons. The van der Waals surface area contributed by atoms with E-state index >= 15 is 0 Å². The highest BCUT2D eigenvalue weighted by Gasteiger charge is 2.31. The van der Waals surface area contributed by atoms with Gasteiger partial charge in [-0.15, -0.1) is 0 Å². The van der Waals surface area contributed by atoms with E-state index in [1.165, 1.54) is 0 Å². The topological polar surface area (TPSA) is 59.0 Å². The third kappa shape index (κ3) is 5.45. The van der Waals surface area contributed by atoms with E-state index in [0.717, 1.165) is 66.5 Å². The van der Waals surface area contributed by atoms with E-state index in [0.29, 0.717) is 28.7 Å². The van der Waals surface area contributed by atoms with E-state index in [-0.39, 0.29) is 5.91 Å². The Balaban J connectivity index is 1.15. The lowest BCUT2D eigenvalue weighted by Gasteiger charge is -2.34. The average molecular weight is 669 g/mol. The van der Waals surface area contributed by atoms with Crippen molar-refractivity contribution >= 4 is 28.1 Å². The first-order valence-electron chi connectivity index (χ1n) is 17.3. The molecule has 0 saturated heterocycles. The summed E-state index contributed by atoms with van der Waals surface area (Å²) in [6.45, 7) is 6.44. The molecule has 2 heterocycles. The highest BCUT2D eigenvalue weighted by Crippen LogP contribution is 2.46. The number of amides is 1. The van der Waals surface area contributed by atoms with Crippen molar-refractivity contribution < 1.29 is 4.79 Å². The van der Waals surface area contributed by atoms with Crippen LogP contribution in [0.25, 0.3) is 72.9 Å². The van der Waals surface area contributed by atoms with Crippen molar-refractivity contribution in [1.82, 2.24) is 15.0 Å². The summed E-state index contributed by atoms with van der Waals surface area (Å²) in [5.74, 6) is 1.73. The van der Waals surface area contributed by atoms with Gasteiger partial charge in [0.15, 0.2) is 17.5 Å². The smallest absolute Gasteiger partial charge is 0.263 e. The van der Waals surface area contributed by atoms with Gasteiger partial charge in [-0.2, -0.15) is 0 Å². The largest absolute Gasteiger partial charge is 0.276 e. The number of benzene rings is 7. The van der Waals surface area contributed by atoms with Crippen LogP contribution in [0.4, 0.5) is 5.69 Å². The molecule has 1 aliphatic heterocycles. The van der Waals surface area contributed by atoms with Crippen LogP contribution in [0.3, 0.4) is 0 Å². The Kier molecular flexibility index (Phi) is 7.59. The normalized spacial score (nSPS) is 12.0. The summed E-state index contributed by atoms with van der Waals surface area (Å²) in [4.78, 5) is 31.0. The number of fused-ring (bicyclic) bond motifs is 4. The molecule has 0 atom stereocenters. The standard InChI is InChI=1S/C47H32N4O/c1-30-26-34-18-9-10-19-36(34)28-41(30)47(52)51-31(2)39-22-11-12-23-40(39)42-29-37(24-25-43(42)51)35-20-13-21-38(27-35)46-49-44(32-14-5-3-6-15-32)48-45(50-46)33-16-7-4-8-17-33/h3-29H,2H2,1H3. The second-order valence-corrected chi connectivity index (χ2v) is 13.0. The molecule has 0 spiro atoms. The van der Waals surface area contributed by atoms with Crippen LogP contribution < -0.4 is 4.90 Å². The average Bonchev–Trinajstić information content (AvgIpc) is 3.21.